The number of methoxy groups -OCH3 is 2. The van der Waals surface area contributed by atoms with Crippen LogP contribution < -0.4 is 14.4 Å². The van der Waals surface area contributed by atoms with Crippen molar-refractivity contribution >= 4 is 22.4 Å². The van der Waals surface area contributed by atoms with Crippen LogP contribution in [0.1, 0.15) is 30.4 Å². The summed E-state index contributed by atoms with van der Waals surface area (Å²) in [6.07, 6.45) is 1.94. The Bertz CT molecular complexity index is 1010. The van der Waals surface area contributed by atoms with Gasteiger partial charge in [-0.3, -0.25) is 4.79 Å². The zero-order chi connectivity index (χ0) is 19.7. The van der Waals surface area contributed by atoms with Crippen LogP contribution in [0.25, 0.3) is 10.8 Å². The molecule has 0 bridgehead atoms. The maximum Gasteiger partial charge on any atom is 0.234 e. The van der Waals surface area contributed by atoms with E-state index >= 15 is 0 Å². The summed E-state index contributed by atoms with van der Waals surface area (Å²) in [6.45, 7) is 2.71. The molecule has 0 fully saturated rings. The molecule has 4 heteroatoms. The van der Waals surface area contributed by atoms with E-state index in [0.717, 1.165) is 52.9 Å². The highest BCUT2D eigenvalue weighted by atomic mass is 16.5. The van der Waals surface area contributed by atoms with Gasteiger partial charge in [0.25, 0.3) is 0 Å². The number of fused-ring (bicyclic) bond motifs is 2. The first-order chi connectivity index (χ1) is 13.6. The lowest BCUT2D eigenvalue weighted by molar-refractivity contribution is -0.119. The highest BCUT2D eigenvalue weighted by Crippen LogP contribution is 2.38. The van der Waals surface area contributed by atoms with Gasteiger partial charge in [-0.05, 0) is 59.9 Å². The van der Waals surface area contributed by atoms with Crippen molar-refractivity contribution in [1.29, 1.82) is 0 Å². The SMILES string of the molecule is COc1ccc2cc([C@H](C)C(=O)N3CCCc4cccc(OC)c43)ccc2c1. The Labute approximate surface area is 165 Å². The number of carbonyl (C=O) groups is 1. The lowest BCUT2D eigenvalue weighted by atomic mass is 9.94. The third-order valence-corrected chi connectivity index (χ3v) is 5.61. The van der Waals surface area contributed by atoms with E-state index in [4.69, 9.17) is 9.47 Å². The number of ether oxygens (including phenoxy) is 2. The molecule has 0 spiro atoms. The van der Waals surface area contributed by atoms with E-state index in [1.165, 1.54) is 5.56 Å². The van der Waals surface area contributed by atoms with Gasteiger partial charge in [-0.2, -0.15) is 0 Å². The van der Waals surface area contributed by atoms with Crippen molar-refractivity contribution in [2.24, 2.45) is 0 Å². The minimum absolute atomic E-state index is 0.110. The first-order valence-corrected chi connectivity index (χ1v) is 9.67. The van der Waals surface area contributed by atoms with Crippen molar-refractivity contribution in [3.63, 3.8) is 0 Å². The molecule has 0 aromatic heterocycles. The number of hydrogen-bond acceptors (Lipinski definition) is 3. The van der Waals surface area contributed by atoms with Gasteiger partial charge in [-0.25, -0.2) is 0 Å². The summed E-state index contributed by atoms with van der Waals surface area (Å²) < 4.78 is 10.9. The van der Waals surface area contributed by atoms with Crippen molar-refractivity contribution in [3.05, 3.63) is 65.7 Å². The normalized spacial score (nSPS) is 14.5. The van der Waals surface area contributed by atoms with Crippen LogP contribution in [0.3, 0.4) is 0 Å². The van der Waals surface area contributed by atoms with Crippen LogP contribution in [0.15, 0.2) is 54.6 Å². The third-order valence-electron chi connectivity index (χ3n) is 5.61. The lowest BCUT2D eigenvalue weighted by Crippen LogP contribution is -2.38. The van der Waals surface area contributed by atoms with Crippen LogP contribution in [0.5, 0.6) is 11.5 Å². The first-order valence-electron chi connectivity index (χ1n) is 9.67. The third kappa shape index (κ3) is 3.19. The number of anilines is 1. The second-order valence-corrected chi connectivity index (χ2v) is 7.26. The van der Waals surface area contributed by atoms with Gasteiger partial charge in [-0.1, -0.05) is 36.4 Å². The monoisotopic (exact) mass is 375 g/mol. The highest BCUT2D eigenvalue weighted by Gasteiger charge is 2.29. The fourth-order valence-electron chi connectivity index (χ4n) is 4.02. The molecule has 144 valence electrons. The maximum atomic E-state index is 13.4. The number of carbonyl (C=O) groups excluding carboxylic acids is 1. The molecular weight excluding hydrogens is 350 g/mol. The zero-order valence-corrected chi connectivity index (χ0v) is 16.6. The number of rotatable bonds is 4. The molecule has 0 aliphatic carbocycles. The second kappa shape index (κ2) is 7.55. The number of amides is 1. The number of nitrogens with zero attached hydrogens (tertiary/aromatic N) is 1. The van der Waals surface area contributed by atoms with Gasteiger partial charge in [0.05, 0.1) is 25.8 Å². The number of hydrogen-bond donors (Lipinski definition) is 0. The Morgan fingerprint density at radius 2 is 1.79 bits per heavy atom. The van der Waals surface area contributed by atoms with E-state index in [-0.39, 0.29) is 11.8 Å². The average Bonchev–Trinajstić information content (AvgIpc) is 2.76. The molecule has 3 aromatic carbocycles. The quantitative estimate of drug-likeness (QED) is 0.648. The standard InChI is InChI=1S/C24H25NO3/c1-16(18-9-10-20-15-21(27-2)12-11-19(20)14-18)24(26)25-13-5-7-17-6-4-8-22(28-3)23(17)25/h4,6,8-12,14-16H,5,7,13H2,1-3H3/t16-/m0/s1. The minimum Gasteiger partial charge on any atom is -0.497 e. The number of para-hydroxylation sites is 1. The van der Waals surface area contributed by atoms with Crippen LogP contribution in [0.4, 0.5) is 5.69 Å². The molecule has 4 nitrogen and oxygen atoms in total. The van der Waals surface area contributed by atoms with E-state index in [9.17, 15) is 4.79 Å². The van der Waals surface area contributed by atoms with Gasteiger partial charge >= 0.3 is 0 Å². The molecule has 0 radical (unpaired) electrons. The van der Waals surface area contributed by atoms with Gasteiger partial charge in [-0.15, -0.1) is 0 Å². The predicted octanol–water partition coefficient (Wildman–Crippen LogP) is 4.94. The molecule has 1 aliphatic rings. The minimum atomic E-state index is -0.234. The van der Waals surface area contributed by atoms with E-state index < -0.39 is 0 Å². The second-order valence-electron chi connectivity index (χ2n) is 7.26. The molecular formula is C24H25NO3. The van der Waals surface area contributed by atoms with Crippen LogP contribution in [-0.4, -0.2) is 26.7 Å². The highest BCUT2D eigenvalue weighted by molar-refractivity contribution is 6.00. The summed E-state index contributed by atoms with van der Waals surface area (Å²) in [5.74, 6) is 1.48. The van der Waals surface area contributed by atoms with Gasteiger partial charge in [0.1, 0.15) is 11.5 Å². The van der Waals surface area contributed by atoms with Gasteiger partial charge in [0.15, 0.2) is 0 Å². The van der Waals surface area contributed by atoms with Crippen molar-refractivity contribution < 1.29 is 14.3 Å². The Hall–Kier alpha value is -3.01. The van der Waals surface area contributed by atoms with Gasteiger partial charge < -0.3 is 14.4 Å². The molecule has 3 aromatic rings. The molecule has 28 heavy (non-hydrogen) atoms. The predicted molar refractivity (Wildman–Crippen MR) is 113 cm³/mol. The molecule has 1 heterocycles. The van der Waals surface area contributed by atoms with Crippen molar-refractivity contribution in [2.45, 2.75) is 25.7 Å². The smallest absolute Gasteiger partial charge is 0.234 e. The molecule has 0 saturated carbocycles. The fraction of sp³-hybridized carbons (Fsp3) is 0.292. The van der Waals surface area contributed by atoms with E-state index in [2.05, 4.69) is 18.2 Å². The summed E-state index contributed by atoms with van der Waals surface area (Å²) >= 11 is 0. The van der Waals surface area contributed by atoms with Crippen LogP contribution >= 0.6 is 0 Å². The largest absolute Gasteiger partial charge is 0.497 e. The summed E-state index contributed by atoms with van der Waals surface area (Å²) in [5, 5.41) is 2.21. The lowest BCUT2D eigenvalue weighted by Gasteiger charge is -2.33. The van der Waals surface area contributed by atoms with Crippen molar-refractivity contribution in [3.8, 4) is 11.5 Å². The van der Waals surface area contributed by atoms with Crippen LogP contribution in [-0.2, 0) is 11.2 Å². The molecule has 0 saturated heterocycles. The number of benzene rings is 3. The summed E-state index contributed by atoms with van der Waals surface area (Å²) in [4.78, 5) is 15.3. The Morgan fingerprint density at radius 1 is 1.00 bits per heavy atom. The average molecular weight is 375 g/mol. The van der Waals surface area contributed by atoms with E-state index in [0.29, 0.717) is 0 Å². The Kier molecular flexibility index (Phi) is 4.95. The van der Waals surface area contributed by atoms with Gasteiger partial charge in [0.2, 0.25) is 5.91 Å². The molecule has 4 rings (SSSR count). The molecule has 0 unspecified atom stereocenters. The van der Waals surface area contributed by atoms with Gasteiger partial charge in [0, 0.05) is 6.54 Å². The summed E-state index contributed by atoms with van der Waals surface area (Å²) in [7, 11) is 3.33. The number of aryl methyl sites for hydroxylation is 1. The summed E-state index contributed by atoms with van der Waals surface area (Å²) in [5.41, 5.74) is 3.13. The molecule has 0 N–H and O–H groups in total. The van der Waals surface area contributed by atoms with E-state index in [1.54, 1.807) is 14.2 Å². The molecule has 1 aliphatic heterocycles. The topological polar surface area (TPSA) is 38.8 Å². The van der Waals surface area contributed by atoms with Crippen molar-refractivity contribution in [2.75, 3.05) is 25.7 Å². The van der Waals surface area contributed by atoms with E-state index in [1.807, 2.05) is 48.2 Å². The molecule has 1 atom stereocenters. The van der Waals surface area contributed by atoms with Crippen molar-refractivity contribution in [1.82, 2.24) is 0 Å². The molecule has 1 amide bonds. The first kappa shape index (κ1) is 18.4. The summed E-state index contributed by atoms with van der Waals surface area (Å²) in [6, 6.07) is 18.2. The zero-order valence-electron chi connectivity index (χ0n) is 16.6. The Balaban J connectivity index is 1.67. The maximum absolute atomic E-state index is 13.4. The Morgan fingerprint density at radius 3 is 2.57 bits per heavy atom. The van der Waals surface area contributed by atoms with Crippen LogP contribution in [0.2, 0.25) is 0 Å². The van der Waals surface area contributed by atoms with Crippen LogP contribution in [0, 0.1) is 0 Å². The fourth-order valence-corrected chi connectivity index (χ4v) is 4.02.